The fourth-order valence-corrected chi connectivity index (χ4v) is 7.87. The summed E-state index contributed by atoms with van der Waals surface area (Å²) in [6.45, 7) is 2.89. The molecule has 0 unspecified atom stereocenters. The zero-order valence-corrected chi connectivity index (χ0v) is 24.3. The number of halogens is 5. The molecule has 3 aliphatic rings. The Bertz CT molecular complexity index is 1360. The van der Waals surface area contributed by atoms with E-state index in [-0.39, 0.29) is 53.3 Å². The highest BCUT2D eigenvalue weighted by Gasteiger charge is 2.48. The highest BCUT2D eigenvalue weighted by molar-refractivity contribution is 6.40. The van der Waals surface area contributed by atoms with Gasteiger partial charge in [0.2, 0.25) is 0 Å². The number of carbonyl (C=O) groups is 3. The number of aromatic nitrogens is 2. The van der Waals surface area contributed by atoms with Crippen LogP contribution in [-0.2, 0) is 11.0 Å². The van der Waals surface area contributed by atoms with E-state index >= 15 is 0 Å². The number of nitrogens with zero attached hydrogens (tertiary/aromatic N) is 3. The number of aryl methyl sites for hydroxylation is 1. The van der Waals surface area contributed by atoms with Crippen LogP contribution < -0.4 is 0 Å². The molecule has 12 heteroatoms. The number of fused-ring (bicyclic) bond motifs is 2. The molecule has 1 amide bonds. The van der Waals surface area contributed by atoms with Crippen LogP contribution in [0.5, 0.6) is 0 Å². The second kappa shape index (κ2) is 10.9. The highest BCUT2D eigenvalue weighted by atomic mass is 35.5. The van der Waals surface area contributed by atoms with Gasteiger partial charge in [0.1, 0.15) is 0 Å². The number of rotatable bonds is 7. The molecule has 5 rings (SSSR count). The third-order valence-corrected chi connectivity index (χ3v) is 9.95. The maximum absolute atomic E-state index is 14.6. The summed E-state index contributed by atoms with van der Waals surface area (Å²) in [5.41, 5.74) is -2.02. The molecule has 3 aliphatic carbocycles. The molecule has 222 valence electrons. The Hall–Kier alpha value is -2.59. The van der Waals surface area contributed by atoms with Gasteiger partial charge in [-0.15, -0.1) is 0 Å². The van der Waals surface area contributed by atoms with Crippen molar-refractivity contribution in [1.29, 1.82) is 0 Å². The summed E-state index contributed by atoms with van der Waals surface area (Å²) in [6.07, 6.45) is 0.102. The first-order valence-electron chi connectivity index (χ1n) is 13.9. The minimum absolute atomic E-state index is 0.0373. The van der Waals surface area contributed by atoms with E-state index in [1.807, 2.05) is 0 Å². The third kappa shape index (κ3) is 5.61. The van der Waals surface area contributed by atoms with E-state index in [2.05, 4.69) is 5.10 Å². The smallest absolute Gasteiger partial charge is 0.433 e. The molecule has 0 radical (unpaired) electrons. The zero-order valence-electron chi connectivity index (χ0n) is 22.8. The van der Waals surface area contributed by atoms with E-state index in [1.54, 1.807) is 26.0 Å². The lowest BCUT2D eigenvalue weighted by atomic mass is 9.74. The van der Waals surface area contributed by atoms with Gasteiger partial charge in [0.15, 0.2) is 11.5 Å². The van der Waals surface area contributed by atoms with E-state index in [0.29, 0.717) is 12.3 Å². The van der Waals surface area contributed by atoms with Crippen molar-refractivity contribution in [1.82, 2.24) is 14.7 Å². The van der Waals surface area contributed by atoms with Crippen molar-refractivity contribution < 1.29 is 32.7 Å². The number of amides is 1. The minimum Gasteiger partial charge on any atom is -0.481 e. The van der Waals surface area contributed by atoms with Crippen LogP contribution >= 0.6 is 23.2 Å². The van der Waals surface area contributed by atoms with Crippen LogP contribution in [0.1, 0.15) is 96.3 Å². The van der Waals surface area contributed by atoms with Crippen LogP contribution in [0.4, 0.5) is 13.2 Å². The van der Waals surface area contributed by atoms with Gasteiger partial charge in [-0.25, -0.2) is 0 Å². The van der Waals surface area contributed by atoms with Crippen molar-refractivity contribution in [2.24, 2.45) is 17.3 Å². The van der Waals surface area contributed by atoms with E-state index in [0.717, 1.165) is 35.7 Å². The predicted molar refractivity (Wildman–Crippen MR) is 146 cm³/mol. The van der Waals surface area contributed by atoms with Gasteiger partial charge in [0.25, 0.3) is 5.91 Å². The van der Waals surface area contributed by atoms with Crippen LogP contribution in [0.15, 0.2) is 18.3 Å². The third-order valence-electron chi connectivity index (χ3n) is 9.36. The summed E-state index contributed by atoms with van der Waals surface area (Å²) in [7, 11) is 0. The summed E-state index contributed by atoms with van der Waals surface area (Å²) in [5, 5.41) is 13.8. The van der Waals surface area contributed by atoms with Gasteiger partial charge >= 0.3 is 12.1 Å². The first-order chi connectivity index (χ1) is 19.2. The first kappa shape index (κ1) is 29.9. The van der Waals surface area contributed by atoms with E-state index in [1.165, 1.54) is 4.90 Å². The molecule has 7 nitrogen and oxygen atoms in total. The molecule has 2 aromatic rings. The van der Waals surface area contributed by atoms with Gasteiger partial charge in [0.05, 0.1) is 45.4 Å². The molecule has 2 bridgehead atoms. The SMILES string of the molecule is Cc1cc(Cl)c(C(=O)CN(C(=O)c2cnn(C3CCC(C)(C(=O)O)CC3)c2C(F)(F)F)[C@H]2C[C@@H]3CC[C@H]2C3)c(Cl)c1. The molecule has 0 spiro atoms. The Balaban J connectivity index is 1.49. The Kier molecular flexibility index (Phi) is 7.96. The number of aliphatic carboxylic acids is 1. The number of Topliss-reactive ketones (excluding diaryl/α,β-unsaturated/α-hetero) is 1. The Labute approximate surface area is 246 Å². The molecule has 0 aliphatic heterocycles. The van der Waals surface area contributed by atoms with Gasteiger partial charge in [0, 0.05) is 6.04 Å². The normalized spacial score (nSPS) is 27.7. The largest absolute Gasteiger partial charge is 0.481 e. The zero-order chi connectivity index (χ0) is 29.9. The van der Waals surface area contributed by atoms with Crippen LogP contribution in [0, 0.1) is 24.2 Å². The fourth-order valence-electron chi connectivity index (χ4n) is 7.06. The fraction of sp³-hybridized carbons (Fsp3) is 0.586. The summed E-state index contributed by atoms with van der Waals surface area (Å²) in [5.74, 6) is -1.98. The van der Waals surface area contributed by atoms with Crippen molar-refractivity contribution in [3.05, 3.63) is 50.8 Å². The molecule has 3 saturated carbocycles. The van der Waals surface area contributed by atoms with Crippen LogP contribution in [-0.4, -0.2) is 50.0 Å². The summed E-state index contributed by atoms with van der Waals surface area (Å²) in [4.78, 5) is 40.5. The predicted octanol–water partition coefficient (Wildman–Crippen LogP) is 7.24. The molecule has 1 aromatic carbocycles. The number of carboxylic acid groups (broad SMARTS) is 1. The second-order valence-corrected chi connectivity index (χ2v) is 13.0. The molecular weight excluding hydrogens is 582 g/mol. The lowest BCUT2D eigenvalue weighted by Gasteiger charge is -2.35. The molecule has 3 atom stereocenters. The van der Waals surface area contributed by atoms with Gasteiger partial charge in [-0.05, 0) is 88.3 Å². The van der Waals surface area contributed by atoms with Crippen LogP contribution in [0.25, 0.3) is 0 Å². The standard InChI is InChI=1S/C29H32Cl2F3N3O4/c1-15-9-20(30)24(21(31)10-15)23(38)14-36(22-12-16-3-4-17(22)11-16)26(39)19-13-35-37(25(19)29(32,33)34)18-5-7-28(2,8-6-18)27(40)41/h9-10,13,16-18,22H,3-8,11-12,14H2,1-2H3,(H,40,41)/t16-,17+,18?,22+,28?/m1/s1. The number of carbonyl (C=O) groups excluding carboxylic acids is 2. The molecule has 3 fully saturated rings. The second-order valence-electron chi connectivity index (χ2n) is 12.1. The molecule has 41 heavy (non-hydrogen) atoms. The number of ketones is 1. The van der Waals surface area contributed by atoms with Gasteiger partial charge in [-0.2, -0.15) is 18.3 Å². The first-order valence-corrected chi connectivity index (χ1v) is 14.6. The van der Waals surface area contributed by atoms with Crippen molar-refractivity contribution >= 4 is 40.9 Å². The van der Waals surface area contributed by atoms with Crippen molar-refractivity contribution in [3.63, 3.8) is 0 Å². The highest BCUT2D eigenvalue weighted by Crippen LogP contribution is 2.48. The molecule has 1 heterocycles. The van der Waals surface area contributed by atoms with Crippen molar-refractivity contribution in [2.45, 2.75) is 83.5 Å². The summed E-state index contributed by atoms with van der Waals surface area (Å²) < 4.78 is 44.6. The minimum atomic E-state index is -4.90. The van der Waals surface area contributed by atoms with E-state index in [4.69, 9.17) is 23.2 Å². The van der Waals surface area contributed by atoms with Crippen LogP contribution in [0.3, 0.4) is 0 Å². The molecule has 1 aromatic heterocycles. The Morgan fingerprint density at radius 1 is 1.10 bits per heavy atom. The quantitative estimate of drug-likeness (QED) is 0.332. The van der Waals surface area contributed by atoms with Gasteiger partial charge in [-0.3, -0.25) is 19.1 Å². The molecule has 1 N–H and O–H groups in total. The topological polar surface area (TPSA) is 92.5 Å². The Morgan fingerprint density at radius 2 is 1.73 bits per heavy atom. The maximum atomic E-state index is 14.6. The maximum Gasteiger partial charge on any atom is 0.433 e. The monoisotopic (exact) mass is 613 g/mol. The number of carboxylic acids is 1. The lowest BCUT2D eigenvalue weighted by Crippen LogP contribution is -2.46. The summed E-state index contributed by atoms with van der Waals surface area (Å²) >= 11 is 12.7. The lowest BCUT2D eigenvalue weighted by molar-refractivity contribution is -0.152. The number of benzene rings is 1. The van der Waals surface area contributed by atoms with Crippen molar-refractivity contribution in [3.8, 4) is 0 Å². The molecule has 0 saturated heterocycles. The van der Waals surface area contributed by atoms with Crippen molar-refractivity contribution in [2.75, 3.05) is 6.54 Å². The van der Waals surface area contributed by atoms with Gasteiger partial charge in [-0.1, -0.05) is 29.6 Å². The molecular formula is C29H32Cl2F3N3O4. The van der Waals surface area contributed by atoms with Crippen LogP contribution in [0.2, 0.25) is 10.0 Å². The number of hydrogen-bond acceptors (Lipinski definition) is 4. The van der Waals surface area contributed by atoms with Gasteiger partial charge < -0.3 is 10.0 Å². The summed E-state index contributed by atoms with van der Waals surface area (Å²) in [6, 6.07) is 2.07. The van der Waals surface area contributed by atoms with E-state index < -0.39 is 53.1 Å². The Morgan fingerprint density at radius 3 is 2.24 bits per heavy atom. The van der Waals surface area contributed by atoms with E-state index in [9.17, 15) is 32.7 Å². The average molecular weight is 614 g/mol. The number of hydrogen-bond donors (Lipinski definition) is 1. The number of alkyl halides is 3. The average Bonchev–Trinajstić information content (AvgIpc) is 3.62.